The van der Waals surface area contributed by atoms with E-state index in [0.717, 1.165) is 13.0 Å². The summed E-state index contributed by atoms with van der Waals surface area (Å²) >= 11 is 0. The van der Waals surface area contributed by atoms with Crippen molar-refractivity contribution in [1.29, 1.82) is 0 Å². The molecule has 0 aromatic rings. The number of rotatable bonds is 0. The maximum absolute atomic E-state index is 11.1. The molecule has 3 heteroatoms. The van der Waals surface area contributed by atoms with Gasteiger partial charge in [0.2, 0.25) is 5.91 Å². The van der Waals surface area contributed by atoms with Crippen LogP contribution in [-0.4, -0.2) is 36.5 Å². The molecular weight excluding hydrogens is 128 g/mol. The fourth-order valence-electron chi connectivity index (χ4n) is 1.91. The lowest BCUT2D eigenvalue weighted by atomic mass is 10.2. The summed E-state index contributed by atoms with van der Waals surface area (Å²) in [7, 11) is 2.04. The van der Waals surface area contributed by atoms with Gasteiger partial charge >= 0.3 is 0 Å². The summed E-state index contributed by atoms with van der Waals surface area (Å²) in [6.45, 7) is 0.853. The summed E-state index contributed by atoms with van der Waals surface area (Å²) in [6, 6.07) is 0.793. The third-order valence-corrected chi connectivity index (χ3v) is 2.66. The van der Waals surface area contributed by atoms with Crippen LogP contribution >= 0.6 is 0 Å². The highest BCUT2D eigenvalue weighted by atomic mass is 16.2. The predicted octanol–water partition coefficient (Wildman–Crippen LogP) is -0.421. The van der Waals surface area contributed by atoms with Crippen LogP contribution in [0.3, 0.4) is 0 Å². The van der Waals surface area contributed by atoms with Crippen LogP contribution in [-0.2, 0) is 4.79 Å². The fourth-order valence-corrected chi connectivity index (χ4v) is 1.91. The lowest BCUT2D eigenvalue weighted by Crippen LogP contribution is -2.53. The lowest BCUT2D eigenvalue weighted by Gasteiger charge is -2.30. The molecule has 0 unspecified atom stereocenters. The summed E-state index contributed by atoms with van der Waals surface area (Å²) < 4.78 is 0. The predicted molar refractivity (Wildman–Crippen MR) is 37.6 cm³/mol. The number of hydrogen-bond acceptors (Lipinski definition) is 2. The molecule has 0 saturated carbocycles. The van der Waals surface area contributed by atoms with Crippen LogP contribution in [0.1, 0.15) is 12.8 Å². The molecule has 2 rings (SSSR count). The molecule has 2 saturated heterocycles. The maximum atomic E-state index is 11.1. The van der Waals surface area contributed by atoms with E-state index in [4.69, 9.17) is 0 Å². The van der Waals surface area contributed by atoms with Crippen LogP contribution in [0, 0.1) is 0 Å². The standard InChI is InChI=1S/C7H12N2O/c1-9-5-2-3-6(9)7(10)8-4-5/h5-6H,2-4H2,1H3,(H,8,10)/t5-,6+/m0/s1. The molecule has 2 aliphatic heterocycles. The van der Waals surface area contributed by atoms with E-state index in [1.165, 1.54) is 6.42 Å². The summed E-state index contributed by atoms with van der Waals surface area (Å²) in [6.07, 6.45) is 2.23. The number of hydrogen-bond donors (Lipinski definition) is 1. The molecule has 56 valence electrons. The molecule has 0 aromatic carbocycles. The minimum Gasteiger partial charge on any atom is -0.353 e. The Labute approximate surface area is 60.4 Å². The minimum atomic E-state index is 0.179. The van der Waals surface area contributed by atoms with Crippen molar-refractivity contribution in [3.05, 3.63) is 0 Å². The van der Waals surface area contributed by atoms with Gasteiger partial charge in [-0.15, -0.1) is 0 Å². The zero-order valence-corrected chi connectivity index (χ0v) is 6.13. The Balaban J connectivity index is 2.20. The smallest absolute Gasteiger partial charge is 0.237 e. The van der Waals surface area contributed by atoms with Crippen molar-refractivity contribution >= 4 is 5.91 Å². The van der Waals surface area contributed by atoms with Crippen molar-refractivity contribution in [3.8, 4) is 0 Å². The molecular formula is C7H12N2O. The normalized spacial score (nSPS) is 39.9. The second-order valence-electron chi connectivity index (χ2n) is 3.16. The van der Waals surface area contributed by atoms with Gasteiger partial charge in [-0.1, -0.05) is 0 Å². The molecule has 2 bridgehead atoms. The van der Waals surface area contributed by atoms with Crippen LogP contribution in [0.15, 0.2) is 0 Å². The number of amides is 1. The van der Waals surface area contributed by atoms with Crippen LogP contribution < -0.4 is 5.32 Å². The fraction of sp³-hybridized carbons (Fsp3) is 0.857. The number of nitrogens with zero attached hydrogens (tertiary/aromatic N) is 1. The van der Waals surface area contributed by atoms with E-state index in [-0.39, 0.29) is 11.9 Å². The van der Waals surface area contributed by atoms with Crippen LogP contribution in [0.2, 0.25) is 0 Å². The second kappa shape index (κ2) is 1.95. The monoisotopic (exact) mass is 140 g/mol. The SMILES string of the molecule is CN1[C@H]2CC[C@@H]1C(=O)NC2. The first kappa shape index (κ1) is 6.16. The topological polar surface area (TPSA) is 32.3 Å². The van der Waals surface area contributed by atoms with Gasteiger partial charge in [0.25, 0.3) is 0 Å². The Bertz CT molecular complexity index is 169. The van der Waals surface area contributed by atoms with Gasteiger partial charge in [-0.05, 0) is 19.9 Å². The van der Waals surface area contributed by atoms with E-state index in [1.807, 2.05) is 7.05 Å². The molecule has 0 aromatic heterocycles. The minimum absolute atomic E-state index is 0.179. The third kappa shape index (κ3) is 0.669. The molecule has 0 radical (unpaired) electrons. The summed E-state index contributed by atoms with van der Waals surface area (Å²) in [5.74, 6) is 0.219. The number of nitrogens with one attached hydrogen (secondary N) is 1. The Morgan fingerprint density at radius 1 is 1.60 bits per heavy atom. The van der Waals surface area contributed by atoms with E-state index < -0.39 is 0 Å². The van der Waals surface area contributed by atoms with Gasteiger partial charge in [-0.2, -0.15) is 0 Å². The van der Waals surface area contributed by atoms with Gasteiger partial charge in [-0.3, -0.25) is 9.69 Å². The Kier molecular flexibility index (Phi) is 1.20. The van der Waals surface area contributed by atoms with Gasteiger partial charge in [0.05, 0.1) is 6.04 Å². The zero-order valence-electron chi connectivity index (χ0n) is 6.13. The molecule has 1 N–H and O–H groups in total. The molecule has 2 heterocycles. The molecule has 0 aliphatic carbocycles. The molecule has 3 nitrogen and oxygen atoms in total. The number of carbonyl (C=O) groups is 1. The van der Waals surface area contributed by atoms with Crippen molar-refractivity contribution < 1.29 is 4.79 Å². The summed E-state index contributed by atoms with van der Waals surface area (Å²) in [5.41, 5.74) is 0. The van der Waals surface area contributed by atoms with E-state index in [9.17, 15) is 4.79 Å². The number of carbonyl (C=O) groups excluding carboxylic acids is 1. The molecule has 0 spiro atoms. The van der Waals surface area contributed by atoms with E-state index in [0.29, 0.717) is 6.04 Å². The van der Waals surface area contributed by atoms with Gasteiger partial charge in [-0.25, -0.2) is 0 Å². The zero-order chi connectivity index (χ0) is 7.14. The van der Waals surface area contributed by atoms with E-state index in [2.05, 4.69) is 10.2 Å². The van der Waals surface area contributed by atoms with Crippen molar-refractivity contribution in [3.63, 3.8) is 0 Å². The Hall–Kier alpha value is -0.570. The Morgan fingerprint density at radius 2 is 2.40 bits per heavy atom. The summed E-state index contributed by atoms with van der Waals surface area (Å²) in [5, 5.41) is 2.89. The van der Waals surface area contributed by atoms with Crippen LogP contribution in [0.4, 0.5) is 0 Å². The van der Waals surface area contributed by atoms with Crippen molar-refractivity contribution in [1.82, 2.24) is 10.2 Å². The third-order valence-electron chi connectivity index (χ3n) is 2.66. The highest BCUT2D eigenvalue weighted by molar-refractivity contribution is 5.83. The number of likely N-dealkylation sites (N-methyl/N-ethyl adjacent to an activating group) is 1. The quantitative estimate of drug-likeness (QED) is 0.495. The summed E-state index contributed by atoms with van der Waals surface area (Å²) in [4.78, 5) is 13.3. The van der Waals surface area contributed by atoms with Crippen molar-refractivity contribution in [2.24, 2.45) is 0 Å². The molecule has 10 heavy (non-hydrogen) atoms. The molecule has 2 aliphatic rings. The van der Waals surface area contributed by atoms with Crippen molar-refractivity contribution in [2.45, 2.75) is 24.9 Å². The van der Waals surface area contributed by atoms with Gasteiger partial charge < -0.3 is 5.32 Å². The van der Waals surface area contributed by atoms with E-state index in [1.54, 1.807) is 0 Å². The first-order chi connectivity index (χ1) is 4.79. The number of fused-ring (bicyclic) bond motifs is 2. The largest absolute Gasteiger partial charge is 0.353 e. The first-order valence-corrected chi connectivity index (χ1v) is 3.78. The highest BCUT2D eigenvalue weighted by Crippen LogP contribution is 2.24. The lowest BCUT2D eigenvalue weighted by molar-refractivity contribution is -0.127. The Morgan fingerprint density at radius 3 is 3.10 bits per heavy atom. The number of piperazine rings is 1. The second-order valence-corrected chi connectivity index (χ2v) is 3.16. The highest BCUT2D eigenvalue weighted by Gasteiger charge is 2.38. The van der Waals surface area contributed by atoms with Gasteiger partial charge in [0.1, 0.15) is 0 Å². The molecule has 2 fully saturated rings. The van der Waals surface area contributed by atoms with Crippen molar-refractivity contribution in [2.75, 3.05) is 13.6 Å². The first-order valence-electron chi connectivity index (χ1n) is 3.78. The maximum Gasteiger partial charge on any atom is 0.237 e. The van der Waals surface area contributed by atoms with E-state index >= 15 is 0 Å². The average molecular weight is 140 g/mol. The van der Waals surface area contributed by atoms with Crippen LogP contribution in [0.25, 0.3) is 0 Å². The van der Waals surface area contributed by atoms with Gasteiger partial charge in [0, 0.05) is 12.6 Å². The van der Waals surface area contributed by atoms with Crippen LogP contribution in [0.5, 0.6) is 0 Å². The molecule has 2 atom stereocenters. The average Bonchev–Trinajstić information content (AvgIpc) is 2.13. The van der Waals surface area contributed by atoms with Gasteiger partial charge in [0.15, 0.2) is 0 Å². The molecule has 1 amide bonds.